The molecule has 0 atom stereocenters. The molecule has 13 heteroatoms. The third-order valence-corrected chi connectivity index (χ3v) is 7.06. The second-order valence-corrected chi connectivity index (χ2v) is 10.2. The van der Waals surface area contributed by atoms with Gasteiger partial charge in [-0.2, -0.15) is 31.4 Å². The average molecular weight is 638 g/mol. The maximum atomic E-state index is 13.0. The second kappa shape index (κ2) is 12.9. The van der Waals surface area contributed by atoms with E-state index in [2.05, 4.69) is 20.7 Å². The van der Waals surface area contributed by atoms with E-state index in [0.717, 1.165) is 23.9 Å². The van der Waals surface area contributed by atoms with Crippen LogP contribution in [0.15, 0.2) is 97.2 Å². The first kappa shape index (κ1) is 31.9. The molecular formula is C33H25F6N5O2. The Morgan fingerprint density at radius 1 is 0.761 bits per heavy atom. The lowest BCUT2D eigenvalue weighted by molar-refractivity contribution is -0.141. The van der Waals surface area contributed by atoms with Crippen LogP contribution in [0.1, 0.15) is 33.7 Å². The van der Waals surface area contributed by atoms with E-state index in [9.17, 15) is 35.9 Å². The normalized spacial score (nSPS) is 11.7. The molecule has 0 aliphatic heterocycles. The van der Waals surface area contributed by atoms with Gasteiger partial charge in [0.2, 0.25) is 5.91 Å². The minimum atomic E-state index is -4.69. The molecule has 0 radical (unpaired) electrons. The van der Waals surface area contributed by atoms with Crippen molar-refractivity contribution >= 4 is 17.5 Å². The first-order chi connectivity index (χ1) is 21.8. The van der Waals surface area contributed by atoms with E-state index in [1.807, 2.05) is 18.2 Å². The molecule has 3 aromatic carbocycles. The van der Waals surface area contributed by atoms with Crippen LogP contribution in [0.25, 0.3) is 28.1 Å². The third-order valence-electron chi connectivity index (χ3n) is 7.06. The fourth-order valence-corrected chi connectivity index (χ4v) is 4.62. The summed E-state index contributed by atoms with van der Waals surface area (Å²) in [7, 11) is 1.54. The van der Waals surface area contributed by atoms with Gasteiger partial charge in [0.1, 0.15) is 5.69 Å². The number of nitrogens with zero attached hydrogens (tertiary/aromatic N) is 3. The van der Waals surface area contributed by atoms with Gasteiger partial charge < -0.3 is 10.6 Å². The summed E-state index contributed by atoms with van der Waals surface area (Å²) in [6.07, 6.45) is -7.65. The number of benzene rings is 3. The van der Waals surface area contributed by atoms with Crippen molar-refractivity contribution in [3.8, 4) is 28.1 Å². The minimum absolute atomic E-state index is 0.159. The zero-order chi connectivity index (χ0) is 33.1. The van der Waals surface area contributed by atoms with Crippen molar-refractivity contribution in [2.45, 2.75) is 25.2 Å². The van der Waals surface area contributed by atoms with Crippen LogP contribution in [-0.2, 0) is 23.6 Å². The number of halogens is 6. The van der Waals surface area contributed by atoms with Crippen LogP contribution in [0.4, 0.5) is 32.0 Å². The Bertz CT molecular complexity index is 1850. The highest BCUT2D eigenvalue weighted by Crippen LogP contribution is 2.33. The zero-order valence-electron chi connectivity index (χ0n) is 24.1. The van der Waals surface area contributed by atoms with Gasteiger partial charge in [-0.1, -0.05) is 36.4 Å². The summed E-state index contributed by atoms with van der Waals surface area (Å²) in [5.74, 6) is -0.904. The minimum Gasteiger partial charge on any atom is -0.359 e. The summed E-state index contributed by atoms with van der Waals surface area (Å²) in [4.78, 5) is 27.8. The van der Waals surface area contributed by atoms with Crippen molar-refractivity contribution in [1.82, 2.24) is 20.1 Å². The quantitative estimate of drug-likeness (QED) is 0.172. The van der Waals surface area contributed by atoms with E-state index in [-0.39, 0.29) is 17.9 Å². The number of pyridine rings is 1. The van der Waals surface area contributed by atoms with Gasteiger partial charge in [-0.3, -0.25) is 14.6 Å². The lowest BCUT2D eigenvalue weighted by Gasteiger charge is -2.11. The van der Waals surface area contributed by atoms with Gasteiger partial charge in [0.15, 0.2) is 0 Å². The molecule has 5 aromatic rings. The number of aryl methyl sites for hydroxylation is 1. The van der Waals surface area contributed by atoms with Crippen LogP contribution >= 0.6 is 0 Å². The van der Waals surface area contributed by atoms with E-state index in [1.165, 1.54) is 25.2 Å². The number of alkyl halides is 6. The molecule has 2 aromatic heterocycles. The average Bonchev–Trinajstić information content (AvgIpc) is 3.47. The second-order valence-electron chi connectivity index (χ2n) is 10.2. The van der Waals surface area contributed by atoms with Gasteiger partial charge in [0.05, 0.1) is 22.6 Å². The van der Waals surface area contributed by atoms with Crippen molar-refractivity contribution in [1.29, 1.82) is 0 Å². The molecular weight excluding hydrogens is 612 g/mol. The molecule has 2 heterocycles. The number of rotatable bonds is 8. The molecule has 2 amide bonds. The number of hydrogen-bond acceptors (Lipinski definition) is 4. The van der Waals surface area contributed by atoms with Gasteiger partial charge in [0.25, 0.3) is 5.91 Å². The number of carbonyl (C=O) groups excluding carboxylic acids is 2. The zero-order valence-corrected chi connectivity index (χ0v) is 24.1. The summed E-state index contributed by atoms with van der Waals surface area (Å²) in [5.41, 5.74) is 2.15. The van der Waals surface area contributed by atoms with Crippen molar-refractivity contribution in [2.75, 3.05) is 12.4 Å². The molecule has 7 nitrogen and oxygen atoms in total. The van der Waals surface area contributed by atoms with E-state index in [4.69, 9.17) is 0 Å². The Morgan fingerprint density at radius 2 is 1.37 bits per heavy atom. The van der Waals surface area contributed by atoms with E-state index < -0.39 is 29.5 Å². The standard InChI is InChI=1S/C33H25F6N5O2/c1-40-30(45)15-12-26-19-28(22-4-2-20(3-5-22)21-6-8-24(9-7-21)32(34,35)36)44(43-26)27-13-10-25(11-14-27)42-31(46)23-16-17-41-29(18-23)33(37,38)39/h2-11,13-14,16-19H,12,15H2,1H3,(H,40,45)(H,42,46). The molecule has 236 valence electrons. The Kier molecular flexibility index (Phi) is 8.94. The lowest BCUT2D eigenvalue weighted by Crippen LogP contribution is -2.18. The highest BCUT2D eigenvalue weighted by Gasteiger charge is 2.33. The molecule has 0 bridgehead atoms. The molecule has 0 spiro atoms. The number of aromatic nitrogens is 3. The van der Waals surface area contributed by atoms with E-state index >= 15 is 0 Å². The van der Waals surface area contributed by atoms with Crippen LogP contribution in [0, 0.1) is 0 Å². The van der Waals surface area contributed by atoms with Crippen LogP contribution < -0.4 is 10.6 Å². The number of amides is 2. The molecule has 0 aliphatic rings. The predicted octanol–water partition coefficient (Wildman–Crippen LogP) is 7.57. The summed E-state index contributed by atoms with van der Waals surface area (Å²) in [6.45, 7) is 0. The lowest BCUT2D eigenvalue weighted by atomic mass is 10.0. The summed E-state index contributed by atoms with van der Waals surface area (Å²) in [6, 6.07) is 22.2. The monoisotopic (exact) mass is 637 g/mol. The largest absolute Gasteiger partial charge is 0.433 e. The molecule has 0 saturated heterocycles. The third kappa shape index (κ3) is 7.42. The van der Waals surface area contributed by atoms with Crippen molar-refractivity contribution in [2.24, 2.45) is 0 Å². The molecule has 0 saturated carbocycles. The number of nitrogens with one attached hydrogen (secondary N) is 2. The Morgan fingerprint density at radius 3 is 1.96 bits per heavy atom. The smallest absolute Gasteiger partial charge is 0.359 e. The van der Waals surface area contributed by atoms with Crippen LogP contribution in [-0.4, -0.2) is 33.6 Å². The fraction of sp³-hybridized carbons (Fsp3) is 0.152. The van der Waals surface area contributed by atoms with Crippen molar-refractivity contribution < 1.29 is 35.9 Å². The SMILES string of the molecule is CNC(=O)CCc1cc(-c2ccc(-c3ccc(C(F)(F)F)cc3)cc2)n(-c2ccc(NC(=O)c3ccnc(C(F)(F)F)c3)cc2)n1. The van der Waals surface area contributed by atoms with Gasteiger partial charge in [-0.05, 0) is 65.7 Å². The van der Waals surface area contributed by atoms with Gasteiger partial charge >= 0.3 is 12.4 Å². The highest BCUT2D eigenvalue weighted by molar-refractivity contribution is 6.04. The van der Waals surface area contributed by atoms with Crippen molar-refractivity contribution in [3.05, 3.63) is 120 Å². The number of carbonyl (C=O) groups is 2. The summed E-state index contributed by atoms with van der Waals surface area (Å²) >= 11 is 0. The van der Waals surface area contributed by atoms with Gasteiger partial charge in [-0.25, -0.2) is 4.68 Å². The summed E-state index contributed by atoms with van der Waals surface area (Å²) in [5, 5.41) is 9.81. The first-order valence-electron chi connectivity index (χ1n) is 13.8. The Hall–Kier alpha value is -5.46. The van der Waals surface area contributed by atoms with E-state index in [1.54, 1.807) is 41.1 Å². The molecule has 0 unspecified atom stereocenters. The maximum Gasteiger partial charge on any atom is 0.433 e. The van der Waals surface area contributed by atoms with Gasteiger partial charge in [0, 0.05) is 42.9 Å². The van der Waals surface area contributed by atoms with Crippen LogP contribution in [0.5, 0.6) is 0 Å². The Balaban J connectivity index is 1.40. The maximum absolute atomic E-state index is 13.0. The molecule has 0 fully saturated rings. The molecule has 0 aliphatic carbocycles. The highest BCUT2D eigenvalue weighted by atomic mass is 19.4. The number of anilines is 1. The topological polar surface area (TPSA) is 88.9 Å². The number of hydrogen-bond donors (Lipinski definition) is 2. The van der Waals surface area contributed by atoms with Crippen LogP contribution in [0.2, 0.25) is 0 Å². The van der Waals surface area contributed by atoms with Crippen LogP contribution in [0.3, 0.4) is 0 Å². The van der Waals surface area contributed by atoms with Gasteiger partial charge in [-0.15, -0.1) is 0 Å². The molecule has 46 heavy (non-hydrogen) atoms. The molecule has 2 N–H and O–H groups in total. The first-order valence-corrected chi connectivity index (χ1v) is 13.8. The van der Waals surface area contributed by atoms with E-state index in [0.29, 0.717) is 46.4 Å². The van der Waals surface area contributed by atoms with Crippen molar-refractivity contribution in [3.63, 3.8) is 0 Å². The molecule has 5 rings (SSSR count). The Labute approximate surface area is 258 Å². The fourth-order valence-electron chi connectivity index (χ4n) is 4.62. The summed E-state index contributed by atoms with van der Waals surface area (Å²) < 4.78 is 79.6. The predicted molar refractivity (Wildman–Crippen MR) is 159 cm³/mol.